The third-order valence-electron chi connectivity index (χ3n) is 3.66. The first-order valence-corrected chi connectivity index (χ1v) is 7.16. The Balaban J connectivity index is 1.87. The second kappa shape index (κ2) is 5.29. The average Bonchev–Trinajstić information content (AvgIpc) is 2.27. The minimum atomic E-state index is -0.427. The Kier molecular flexibility index (Phi) is 4.06. The van der Waals surface area contributed by atoms with Gasteiger partial charge in [0.25, 0.3) is 0 Å². The highest BCUT2D eigenvalue weighted by atomic mass is 16.6. The summed E-state index contributed by atoms with van der Waals surface area (Å²) >= 11 is 0. The second-order valence-corrected chi connectivity index (χ2v) is 6.71. The topological polar surface area (TPSA) is 50.8 Å². The fourth-order valence-corrected chi connectivity index (χ4v) is 2.73. The largest absolute Gasteiger partial charge is 0.444 e. The zero-order valence-electron chi connectivity index (χ0n) is 12.5. The number of carbonyl (C=O) groups is 1. The number of likely N-dealkylation sites (tertiary alicyclic amines) is 1. The van der Waals surface area contributed by atoms with E-state index in [1.165, 1.54) is 0 Å². The Morgan fingerprint density at radius 3 is 2.53 bits per heavy atom. The van der Waals surface area contributed by atoms with E-state index in [0.29, 0.717) is 13.1 Å². The average molecular weight is 270 g/mol. The lowest BCUT2D eigenvalue weighted by atomic mass is 9.89. The summed E-state index contributed by atoms with van der Waals surface area (Å²) in [7, 11) is 0. The van der Waals surface area contributed by atoms with Crippen LogP contribution in [0.2, 0.25) is 0 Å². The summed E-state index contributed by atoms with van der Waals surface area (Å²) in [5.41, 5.74) is -0.514. The molecule has 5 nitrogen and oxygen atoms in total. The highest BCUT2D eigenvalue weighted by Gasteiger charge is 2.40. The maximum absolute atomic E-state index is 12.0. The molecule has 0 aromatic carbocycles. The van der Waals surface area contributed by atoms with E-state index >= 15 is 0 Å². The van der Waals surface area contributed by atoms with Gasteiger partial charge in [0.15, 0.2) is 0 Å². The molecule has 0 bridgehead atoms. The van der Waals surface area contributed by atoms with Gasteiger partial charge in [-0.05, 0) is 40.5 Å². The zero-order chi connectivity index (χ0) is 14.1. The van der Waals surface area contributed by atoms with E-state index in [2.05, 4.69) is 12.2 Å². The van der Waals surface area contributed by atoms with Gasteiger partial charge in [0.05, 0.1) is 11.7 Å². The Morgan fingerprint density at radius 1 is 1.37 bits per heavy atom. The van der Waals surface area contributed by atoms with Gasteiger partial charge >= 0.3 is 6.09 Å². The number of nitrogens with zero attached hydrogens (tertiary/aromatic N) is 1. The quantitative estimate of drug-likeness (QED) is 0.729. The third-order valence-corrected chi connectivity index (χ3v) is 3.66. The van der Waals surface area contributed by atoms with E-state index < -0.39 is 5.60 Å². The standard InChI is InChI=1S/C14H26N2O3/c1-11-9-15-10-14(18-11)5-7-16(8-6-14)12(17)19-13(2,3)4/h11,15H,5-10H2,1-4H3/t11-/m1/s1. The summed E-state index contributed by atoms with van der Waals surface area (Å²) in [5, 5.41) is 3.42. The van der Waals surface area contributed by atoms with Gasteiger partial charge in [0.1, 0.15) is 5.60 Å². The third kappa shape index (κ3) is 3.83. The van der Waals surface area contributed by atoms with E-state index in [1.54, 1.807) is 4.90 Å². The van der Waals surface area contributed by atoms with Gasteiger partial charge in [-0.1, -0.05) is 0 Å². The molecule has 110 valence electrons. The second-order valence-electron chi connectivity index (χ2n) is 6.71. The lowest BCUT2D eigenvalue weighted by molar-refractivity contribution is -0.134. The van der Waals surface area contributed by atoms with E-state index in [4.69, 9.17) is 9.47 Å². The van der Waals surface area contributed by atoms with Crippen LogP contribution in [-0.2, 0) is 9.47 Å². The fourth-order valence-electron chi connectivity index (χ4n) is 2.73. The maximum atomic E-state index is 12.0. The van der Waals surface area contributed by atoms with Crippen molar-refractivity contribution in [3.63, 3.8) is 0 Å². The molecule has 1 amide bonds. The smallest absolute Gasteiger partial charge is 0.410 e. The molecule has 5 heteroatoms. The molecule has 0 radical (unpaired) electrons. The van der Waals surface area contributed by atoms with Crippen molar-refractivity contribution in [1.29, 1.82) is 0 Å². The molecule has 2 saturated heterocycles. The first-order valence-electron chi connectivity index (χ1n) is 7.16. The minimum absolute atomic E-state index is 0.0871. The fraction of sp³-hybridized carbons (Fsp3) is 0.929. The predicted molar refractivity (Wildman–Crippen MR) is 73.2 cm³/mol. The summed E-state index contributed by atoms with van der Waals surface area (Å²) in [6.45, 7) is 11.0. The molecule has 2 aliphatic rings. The summed E-state index contributed by atoms with van der Waals surface area (Å²) in [5.74, 6) is 0. The van der Waals surface area contributed by atoms with Gasteiger partial charge in [0.2, 0.25) is 0 Å². The molecule has 0 aliphatic carbocycles. The first-order chi connectivity index (χ1) is 8.80. The minimum Gasteiger partial charge on any atom is -0.444 e. The van der Waals surface area contributed by atoms with Crippen LogP contribution >= 0.6 is 0 Å². The van der Waals surface area contributed by atoms with Gasteiger partial charge < -0.3 is 19.7 Å². The number of rotatable bonds is 0. The van der Waals surface area contributed by atoms with E-state index in [-0.39, 0.29) is 17.8 Å². The van der Waals surface area contributed by atoms with Crippen LogP contribution in [0.5, 0.6) is 0 Å². The maximum Gasteiger partial charge on any atom is 0.410 e. The highest BCUT2D eigenvalue weighted by Crippen LogP contribution is 2.29. The summed E-state index contributed by atoms with van der Waals surface area (Å²) < 4.78 is 11.5. The highest BCUT2D eigenvalue weighted by molar-refractivity contribution is 5.68. The van der Waals surface area contributed by atoms with Crippen molar-refractivity contribution in [2.45, 2.75) is 57.8 Å². The van der Waals surface area contributed by atoms with Crippen molar-refractivity contribution < 1.29 is 14.3 Å². The Morgan fingerprint density at radius 2 is 2.00 bits per heavy atom. The molecule has 0 aromatic rings. The zero-order valence-corrected chi connectivity index (χ0v) is 12.5. The molecular weight excluding hydrogens is 244 g/mol. The molecular formula is C14H26N2O3. The van der Waals surface area contributed by atoms with Crippen LogP contribution in [0, 0.1) is 0 Å². The lowest BCUT2D eigenvalue weighted by Crippen LogP contribution is -2.58. The van der Waals surface area contributed by atoms with Crippen molar-refractivity contribution in [2.75, 3.05) is 26.2 Å². The molecule has 1 atom stereocenters. The van der Waals surface area contributed by atoms with Crippen LogP contribution in [0.3, 0.4) is 0 Å². The number of hydrogen-bond acceptors (Lipinski definition) is 4. The number of carbonyl (C=O) groups excluding carboxylic acids is 1. The molecule has 0 saturated carbocycles. The van der Waals surface area contributed by atoms with E-state index in [0.717, 1.165) is 25.9 Å². The van der Waals surface area contributed by atoms with Crippen LogP contribution in [0.25, 0.3) is 0 Å². The normalized spacial score (nSPS) is 27.4. The molecule has 0 unspecified atom stereocenters. The van der Waals surface area contributed by atoms with Crippen LogP contribution in [0.1, 0.15) is 40.5 Å². The van der Waals surface area contributed by atoms with Crippen LogP contribution in [-0.4, -0.2) is 54.5 Å². The summed E-state index contributed by atoms with van der Waals surface area (Å²) in [4.78, 5) is 13.8. The SMILES string of the molecule is C[C@@H]1CNCC2(CCN(C(=O)OC(C)(C)C)CC2)O1. The van der Waals surface area contributed by atoms with Gasteiger partial charge in [0, 0.05) is 26.2 Å². The van der Waals surface area contributed by atoms with E-state index in [1.807, 2.05) is 20.8 Å². The van der Waals surface area contributed by atoms with Crippen molar-refractivity contribution in [2.24, 2.45) is 0 Å². The van der Waals surface area contributed by atoms with Crippen molar-refractivity contribution >= 4 is 6.09 Å². The molecule has 2 heterocycles. The number of piperidine rings is 1. The monoisotopic (exact) mass is 270 g/mol. The van der Waals surface area contributed by atoms with Gasteiger partial charge in [-0.3, -0.25) is 0 Å². The van der Waals surface area contributed by atoms with Crippen molar-refractivity contribution in [1.82, 2.24) is 10.2 Å². The van der Waals surface area contributed by atoms with Crippen LogP contribution in [0.15, 0.2) is 0 Å². The van der Waals surface area contributed by atoms with Gasteiger partial charge in [-0.15, -0.1) is 0 Å². The Labute approximate surface area is 115 Å². The molecule has 2 rings (SSSR count). The van der Waals surface area contributed by atoms with Crippen LogP contribution in [0.4, 0.5) is 4.79 Å². The Hall–Kier alpha value is -0.810. The summed E-state index contributed by atoms with van der Waals surface area (Å²) in [6, 6.07) is 0. The predicted octanol–water partition coefficient (Wildman–Crippen LogP) is 1.76. The lowest BCUT2D eigenvalue weighted by Gasteiger charge is -2.46. The number of ether oxygens (including phenoxy) is 2. The van der Waals surface area contributed by atoms with Gasteiger partial charge in [-0.25, -0.2) is 4.79 Å². The van der Waals surface area contributed by atoms with Crippen molar-refractivity contribution in [3.05, 3.63) is 0 Å². The molecule has 19 heavy (non-hydrogen) atoms. The number of hydrogen-bond donors (Lipinski definition) is 1. The first kappa shape index (κ1) is 14.6. The number of morpholine rings is 1. The molecule has 2 aliphatic heterocycles. The van der Waals surface area contributed by atoms with Gasteiger partial charge in [-0.2, -0.15) is 0 Å². The van der Waals surface area contributed by atoms with E-state index in [9.17, 15) is 4.79 Å². The van der Waals surface area contributed by atoms with Crippen molar-refractivity contribution in [3.8, 4) is 0 Å². The summed E-state index contributed by atoms with van der Waals surface area (Å²) in [6.07, 6.45) is 1.80. The molecule has 1 N–H and O–H groups in total. The Bertz CT molecular complexity index is 330. The molecule has 2 fully saturated rings. The number of nitrogens with one attached hydrogen (secondary N) is 1. The number of amides is 1. The molecule has 1 spiro atoms. The van der Waals surface area contributed by atoms with Crippen LogP contribution < -0.4 is 5.32 Å². The molecule has 0 aromatic heterocycles.